The Morgan fingerprint density at radius 2 is 1.50 bits per heavy atom. The molecule has 8 atom stereocenters. The Hall–Kier alpha value is -4.16. The number of aliphatic hydroxyl groups is 5. The summed E-state index contributed by atoms with van der Waals surface area (Å²) in [6.07, 6.45) is -6.54. The van der Waals surface area contributed by atoms with E-state index in [4.69, 9.17) is 4.74 Å². The summed E-state index contributed by atoms with van der Waals surface area (Å²) in [7, 11) is 0. The van der Waals surface area contributed by atoms with E-state index in [-0.39, 0.29) is 18.1 Å². The van der Waals surface area contributed by atoms with E-state index in [2.05, 4.69) is 0 Å². The van der Waals surface area contributed by atoms with Gasteiger partial charge in [0.2, 0.25) is 5.91 Å². The zero-order chi connectivity index (χ0) is 32.5. The van der Waals surface area contributed by atoms with Crippen molar-refractivity contribution in [2.75, 3.05) is 11.5 Å². The standard InChI is InChI=1S/C36H36FNO8/c37-24-13-10-21(11-14-24)28(40)17-16-27-31(38(36(27)45)25-4-2-1-3-5-25)26-15-12-23(18-29(26)41)20-6-8-22(9-7-20)35-34(44)33(43)32(42)30(19-39)46-35/h1-15,18,27-28,30-35,39-44H,16-17,19H2/t27-,28?,30-,31-,32-,33+,34-,35+/m1/s1. The van der Waals surface area contributed by atoms with Crippen molar-refractivity contribution < 1.29 is 44.6 Å². The summed E-state index contributed by atoms with van der Waals surface area (Å²) in [5, 5.41) is 62.3. The maximum Gasteiger partial charge on any atom is 0.233 e. The fourth-order valence-electron chi connectivity index (χ4n) is 6.47. The van der Waals surface area contributed by atoms with Gasteiger partial charge in [-0.2, -0.15) is 0 Å². The third kappa shape index (κ3) is 6.03. The Balaban J connectivity index is 1.23. The molecule has 0 saturated carbocycles. The van der Waals surface area contributed by atoms with Crippen molar-refractivity contribution in [1.29, 1.82) is 0 Å². The first kappa shape index (κ1) is 31.8. The van der Waals surface area contributed by atoms with Crippen LogP contribution in [0.1, 0.15) is 47.8 Å². The van der Waals surface area contributed by atoms with Gasteiger partial charge in [-0.1, -0.05) is 66.7 Å². The summed E-state index contributed by atoms with van der Waals surface area (Å²) in [6.45, 7) is -0.519. The lowest BCUT2D eigenvalue weighted by Gasteiger charge is -2.48. The molecule has 46 heavy (non-hydrogen) atoms. The van der Waals surface area contributed by atoms with Crippen molar-refractivity contribution in [3.8, 4) is 16.9 Å². The van der Waals surface area contributed by atoms with Crippen LogP contribution >= 0.6 is 0 Å². The summed E-state index contributed by atoms with van der Waals surface area (Å²) in [5.41, 5.74) is 3.81. The van der Waals surface area contributed by atoms with Crippen molar-refractivity contribution in [1.82, 2.24) is 0 Å². The van der Waals surface area contributed by atoms with Crippen LogP contribution < -0.4 is 4.90 Å². The number of nitrogens with zero attached hydrogens (tertiary/aromatic N) is 1. The largest absolute Gasteiger partial charge is 0.508 e. The Labute approximate surface area is 265 Å². The molecular weight excluding hydrogens is 593 g/mol. The molecule has 4 aromatic carbocycles. The molecule has 0 radical (unpaired) electrons. The number of carbonyl (C=O) groups excluding carboxylic acids is 1. The number of aromatic hydroxyl groups is 1. The molecule has 240 valence electrons. The molecule has 4 aromatic rings. The van der Waals surface area contributed by atoms with Crippen LogP contribution in [0.15, 0.2) is 97.1 Å². The minimum Gasteiger partial charge on any atom is -0.508 e. The third-order valence-corrected chi connectivity index (χ3v) is 9.07. The summed E-state index contributed by atoms with van der Waals surface area (Å²) in [5.74, 6) is -1.01. The van der Waals surface area contributed by atoms with E-state index in [9.17, 15) is 39.8 Å². The minimum atomic E-state index is -1.48. The SMILES string of the molecule is O=C1[C@H](CCC(O)c2ccc(F)cc2)[C@@H](c2ccc(-c3ccc([C@@H]4O[C@H](CO)[C@@H](O)[C@H](O)[C@H]4O)cc3)cc2O)N1c1ccccc1. The molecule has 0 bridgehead atoms. The number of anilines is 1. The molecule has 2 aliphatic heterocycles. The molecule has 1 unspecified atom stereocenters. The highest BCUT2D eigenvalue weighted by molar-refractivity contribution is 6.03. The molecular formula is C36H36FNO8. The van der Waals surface area contributed by atoms with E-state index in [1.807, 2.05) is 36.4 Å². The average Bonchev–Trinajstić information content (AvgIpc) is 3.07. The number of rotatable bonds is 9. The summed E-state index contributed by atoms with van der Waals surface area (Å²) < 4.78 is 19.0. The van der Waals surface area contributed by atoms with Crippen molar-refractivity contribution in [3.63, 3.8) is 0 Å². The van der Waals surface area contributed by atoms with Gasteiger partial charge in [-0.3, -0.25) is 4.79 Å². The molecule has 0 aliphatic carbocycles. The van der Waals surface area contributed by atoms with Crippen molar-refractivity contribution in [3.05, 3.63) is 120 Å². The van der Waals surface area contributed by atoms with Gasteiger partial charge in [0.15, 0.2) is 0 Å². The maximum atomic E-state index is 13.4. The van der Waals surface area contributed by atoms with Gasteiger partial charge in [0.25, 0.3) is 0 Å². The molecule has 2 aliphatic rings. The second-order valence-corrected chi connectivity index (χ2v) is 11.9. The predicted molar refractivity (Wildman–Crippen MR) is 167 cm³/mol. The van der Waals surface area contributed by atoms with Crippen LogP contribution in [0.4, 0.5) is 10.1 Å². The zero-order valence-electron chi connectivity index (χ0n) is 24.8. The number of benzene rings is 4. The molecule has 2 fully saturated rings. The molecule has 1 amide bonds. The Morgan fingerprint density at radius 1 is 0.826 bits per heavy atom. The Morgan fingerprint density at radius 3 is 2.15 bits per heavy atom. The first-order chi connectivity index (χ1) is 22.2. The Kier molecular flexibility index (Phi) is 9.19. The number of hydrogen-bond donors (Lipinski definition) is 6. The van der Waals surface area contributed by atoms with Crippen LogP contribution in [-0.2, 0) is 9.53 Å². The lowest BCUT2D eigenvalue weighted by atomic mass is 9.77. The van der Waals surface area contributed by atoms with Gasteiger partial charge in [0.05, 0.1) is 24.7 Å². The van der Waals surface area contributed by atoms with Gasteiger partial charge in [0, 0.05) is 11.3 Å². The normalized spacial score (nSPS) is 26.9. The number of β-lactam (4-membered cyclic amide) rings is 1. The van der Waals surface area contributed by atoms with Crippen LogP contribution in [0.2, 0.25) is 0 Å². The minimum absolute atomic E-state index is 0.00183. The quantitative estimate of drug-likeness (QED) is 0.153. The summed E-state index contributed by atoms with van der Waals surface area (Å²) >= 11 is 0. The molecule has 6 rings (SSSR count). The zero-order valence-corrected chi connectivity index (χ0v) is 24.8. The van der Waals surface area contributed by atoms with Crippen molar-refractivity contribution in [2.45, 2.75) is 55.5 Å². The maximum absolute atomic E-state index is 13.4. The number of ether oxygens (including phenoxy) is 1. The highest BCUT2D eigenvalue weighted by Crippen LogP contribution is 2.49. The van der Waals surface area contributed by atoms with Crippen molar-refractivity contribution >= 4 is 11.6 Å². The van der Waals surface area contributed by atoms with Gasteiger partial charge in [-0.15, -0.1) is 0 Å². The van der Waals surface area contributed by atoms with Crippen LogP contribution in [-0.4, -0.2) is 67.6 Å². The molecule has 9 nitrogen and oxygen atoms in total. The number of carbonyl (C=O) groups is 1. The van der Waals surface area contributed by atoms with Crippen molar-refractivity contribution in [2.24, 2.45) is 5.92 Å². The molecule has 6 N–H and O–H groups in total. The highest BCUT2D eigenvalue weighted by atomic mass is 19.1. The fraction of sp³-hybridized carbons (Fsp3) is 0.306. The monoisotopic (exact) mass is 629 g/mol. The third-order valence-electron chi connectivity index (χ3n) is 9.07. The molecule has 0 spiro atoms. The van der Waals surface area contributed by atoms with E-state index < -0.39 is 61.0 Å². The average molecular weight is 630 g/mol. The smallest absolute Gasteiger partial charge is 0.233 e. The second kappa shape index (κ2) is 13.3. The number of para-hydroxylation sites is 1. The molecule has 2 saturated heterocycles. The van der Waals surface area contributed by atoms with Gasteiger partial charge in [0.1, 0.15) is 42.1 Å². The number of hydrogen-bond acceptors (Lipinski definition) is 8. The number of phenols is 1. The Bertz CT molecular complexity index is 1650. The second-order valence-electron chi connectivity index (χ2n) is 11.9. The van der Waals surface area contributed by atoms with Crippen LogP contribution in [0.5, 0.6) is 5.75 Å². The highest BCUT2D eigenvalue weighted by Gasteiger charge is 2.49. The lowest BCUT2D eigenvalue weighted by molar-refractivity contribution is -0.231. The van der Waals surface area contributed by atoms with Gasteiger partial charge in [-0.05, 0) is 65.4 Å². The van der Waals surface area contributed by atoms with Crippen LogP contribution in [0.25, 0.3) is 11.1 Å². The van der Waals surface area contributed by atoms with E-state index in [0.717, 1.165) is 5.56 Å². The number of halogens is 1. The summed E-state index contributed by atoms with van der Waals surface area (Å²) in [4.78, 5) is 15.1. The molecule has 2 heterocycles. The van der Waals surface area contributed by atoms with Crippen LogP contribution in [0.3, 0.4) is 0 Å². The van der Waals surface area contributed by atoms with E-state index in [1.54, 1.807) is 41.3 Å². The number of aliphatic hydroxyl groups excluding tert-OH is 5. The topological polar surface area (TPSA) is 151 Å². The van der Waals surface area contributed by atoms with Gasteiger partial charge >= 0.3 is 0 Å². The van der Waals surface area contributed by atoms with E-state index >= 15 is 0 Å². The number of amides is 1. The van der Waals surface area contributed by atoms with Crippen LogP contribution in [0, 0.1) is 11.7 Å². The summed E-state index contributed by atoms with van der Waals surface area (Å²) in [6, 6.07) is 26.5. The number of phenolic OH excluding ortho intramolecular Hbond substituents is 1. The fourth-order valence-corrected chi connectivity index (χ4v) is 6.47. The molecule has 0 aromatic heterocycles. The van der Waals surface area contributed by atoms with E-state index in [0.29, 0.717) is 34.4 Å². The first-order valence-electron chi connectivity index (χ1n) is 15.2. The van der Waals surface area contributed by atoms with Gasteiger partial charge in [-0.25, -0.2) is 4.39 Å². The predicted octanol–water partition coefficient (Wildman–Crippen LogP) is 3.93. The van der Waals surface area contributed by atoms with E-state index in [1.165, 1.54) is 24.3 Å². The lowest BCUT2D eigenvalue weighted by Crippen LogP contribution is -2.55. The van der Waals surface area contributed by atoms with Gasteiger partial charge < -0.3 is 40.3 Å². The molecule has 10 heteroatoms. The first-order valence-corrected chi connectivity index (χ1v) is 15.2.